The van der Waals surface area contributed by atoms with Gasteiger partial charge in [0, 0.05) is 17.1 Å². The minimum Gasteiger partial charge on any atom is -0.336 e. The van der Waals surface area contributed by atoms with Crippen LogP contribution in [0.15, 0.2) is 18.2 Å². The van der Waals surface area contributed by atoms with Crippen LogP contribution in [0.1, 0.15) is 11.6 Å². The number of hydrogen-bond acceptors (Lipinski definition) is 1. The minimum atomic E-state index is -0.397. The van der Waals surface area contributed by atoms with E-state index in [9.17, 15) is 9.18 Å². The molecule has 2 rings (SSSR count). The number of carbonyl (C=O) groups excluding carboxylic acids is 1. The fourth-order valence-corrected chi connectivity index (χ4v) is 1.59. The molecule has 1 atom stereocenters. The summed E-state index contributed by atoms with van der Waals surface area (Å²) in [6.07, 6.45) is 0. The smallest absolute Gasteiger partial charge is 0.315 e. The number of amides is 2. The van der Waals surface area contributed by atoms with E-state index in [1.54, 1.807) is 12.1 Å². The van der Waals surface area contributed by atoms with Crippen LogP contribution in [-0.2, 0) is 0 Å². The average molecular weight is 215 g/mol. The monoisotopic (exact) mass is 214 g/mol. The zero-order chi connectivity index (χ0) is 10.1. The van der Waals surface area contributed by atoms with Gasteiger partial charge in [0.05, 0.1) is 6.04 Å². The summed E-state index contributed by atoms with van der Waals surface area (Å²) >= 11 is 5.61. The molecular formula is C9H8ClFN2O. The van der Waals surface area contributed by atoms with Crippen LogP contribution in [0.4, 0.5) is 9.18 Å². The SMILES string of the molecule is O=C1NC[C@@H](c2ccc(Cl)cc2F)N1. The lowest BCUT2D eigenvalue weighted by Crippen LogP contribution is -2.22. The van der Waals surface area contributed by atoms with Crippen molar-refractivity contribution in [2.75, 3.05) is 6.54 Å². The lowest BCUT2D eigenvalue weighted by atomic mass is 10.1. The van der Waals surface area contributed by atoms with E-state index in [0.717, 1.165) is 0 Å². The summed E-state index contributed by atoms with van der Waals surface area (Å²) in [5, 5.41) is 5.51. The number of rotatable bonds is 1. The van der Waals surface area contributed by atoms with Crippen molar-refractivity contribution in [2.24, 2.45) is 0 Å². The maximum absolute atomic E-state index is 13.4. The molecule has 14 heavy (non-hydrogen) atoms. The van der Waals surface area contributed by atoms with Crippen LogP contribution in [0.3, 0.4) is 0 Å². The van der Waals surface area contributed by atoms with Gasteiger partial charge in [-0.15, -0.1) is 0 Å². The molecule has 1 aliphatic heterocycles. The fourth-order valence-electron chi connectivity index (χ4n) is 1.43. The molecule has 2 amide bonds. The summed E-state index contributed by atoms with van der Waals surface area (Å²) in [7, 11) is 0. The van der Waals surface area contributed by atoms with Gasteiger partial charge in [0.1, 0.15) is 5.82 Å². The third kappa shape index (κ3) is 1.65. The topological polar surface area (TPSA) is 41.1 Å². The molecule has 0 aliphatic carbocycles. The Morgan fingerprint density at radius 1 is 1.50 bits per heavy atom. The zero-order valence-corrected chi connectivity index (χ0v) is 7.94. The lowest BCUT2D eigenvalue weighted by molar-refractivity contribution is 0.247. The second-order valence-electron chi connectivity index (χ2n) is 3.07. The van der Waals surface area contributed by atoms with Gasteiger partial charge in [0.15, 0.2) is 0 Å². The van der Waals surface area contributed by atoms with Crippen LogP contribution in [0.2, 0.25) is 5.02 Å². The summed E-state index contributed by atoms with van der Waals surface area (Å²) in [6.45, 7) is 0.400. The van der Waals surface area contributed by atoms with E-state index in [4.69, 9.17) is 11.6 Å². The van der Waals surface area contributed by atoms with Crippen molar-refractivity contribution in [2.45, 2.75) is 6.04 Å². The highest BCUT2D eigenvalue weighted by Crippen LogP contribution is 2.21. The Hall–Kier alpha value is -1.29. The third-order valence-electron chi connectivity index (χ3n) is 2.11. The van der Waals surface area contributed by atoms with Crippen LogP contribution < -0.4 is 10.6 Å². The molecule has 0 saturated carbocycles. The van der Waals surface area contributed by atoms with Gasteiger partial charge < -0.3 is 10.6 Å². The Kier molecular flexibility index (Phi) is 2.29. The molecular weight excluding hydrogens is 207 g/mol. The van der Waals surface area contributed by atoms with Crippen molar-refractivity contribution in [1.82, 2.24) is 10.6 Å². The predicted octanol–water partition coefficient (Wildman–Crippen LogP) is 1.83. The largest absolute Gasteiger partial charge is 0.336 e. The van der Waals surface area contributed by atoms with Gasteiger partial charge >= 0.3 is 6.03 Å². The predicted molar refractivity (Wildman–Crippen MR) is 50.7 cm³/mol. The molecule has 1 fully saturated rings. The number of halogens is 2. The van der Waals surface area contributed by atoms with Crippen molar-refractivity contribution in [3.05, 3.63) is 34.6 Å². The van der Waals surface area contributed by atoms with E-state index in [1.807, 2.05) is 0 Å². The van der Waals surface area contributed by atoms with Crippen molar-refractivity contribution in [3.63, 3.8) is 0 Å². The molecule has 74 valence electrons. The first-order chi connectivity index (χ1) is 6.66. The molecule has 0 spiro atoms. The molecule has 1 aliphatic rings. The van der Waals surface area contributed by atoms with Gasteiger partial charge in [-0.2, -0.15) is 0 Å². The first-order valence-electron chi connectivity index (χ1n) is 4.16. The second-order valence-corrected chi connectivity index (χ2v) is 3.51. The first-order valence-corrected chi connectivity index (χ1v) is 4.54. The Morgan fingerprint density at radius 3 is 2.86 bits per heavy atom. The normalized spacial score (nSPS) is 20.4. The maximum Gasteiger partial charge on any atom is 0.315 e. The minimum absolute atomic E-state index is 0.274. The molecule has 0 radical (unpaired) electrons. The number of nitrogens with one attached hydrogen (secondary N) is 2. The first kappa shape index (κ1) is 9.27. The zero-order valence-electron chi connectivity index (χ0n) is 7.18. The Bertz CT molecular complexity index is 383. The van der Waals surface area contributed by atoms with Gasteiger partial charge in [-0.3, -0.25) is 0 Å². The van der Waals surface area contributed by atoms with E-state index < -0.39 is 5.82 Å². The van der Waals surface area contributed by atoms with E-state index in [1.165, 1.54) is 6.07 Å². The Labute approximate surface area is 85.3 Å². The summed E-state index contributed by atoms with van der Waals surface area (Å²) in [4.78, 5) is 10.8. The second kappa shape index (κ2) is 3.46. The fraction of sp³-hybridized carbons (Fsp3) is 0.222. The molecule has 0 aromatic heterocycles. The van der Waals surface area contributed by atoms with E-state index in [-0.39, 0.29) is 12.1 Å². The number of hydrogen-bond donors (Lipinski definition) is 2. The molecule has 2 N–H and O–H groups in total. The number of benzene rings is 1. The number of urea groups is 1. The van der Waals surface area contributed by atoms with Gasteiger partial charge in [-0.25, -0.2) is 9.18 Å². The third-order valence-corrected chi connectivity index (χ3v) is 2.35. The molecule has 1 saturated heterocycles. The van der Waals surface area contributed by atoms with Crippen molar-refractivity contribution in [3.8, 4) is 0 Å². The van der Waals surface area contributed by atoms with E-state index in [0.29, 0.717) is 17.1 Å². The van der Waals surface area contributed by atoms with Crippen LogP contribution in [-0.4, -0.2) is 12.6 Å². The van der Waals surface area contributed by atoms with Gasteiger partial charge in [0.2, 0.25) is 0 Å². The molecule has 1 heterocycles. The highest BCUT2D eigenvalue weighted by atomic mass is 35.5. The van der Waals surface area contributed by atoms with Crippen LogP contribution in [0.5, 0.6) is 0 Å². The van der Waals surface area contributed by atoms with Crippen molar-refractivity contribution >= 4 is 17.6 Å². The number of carbonyl (C=O) groups is 1. The highest BCUT2D eigenvalue weighted by molar-refractivity contribution is 6.30. The molecule has 1 aromatic carbocycles. The highest BCUT2D eigenvalue weighted by Gasteiger charge is 2.23. The summed E-state index contributed by atoms with van der Waals surface area (Å²) in [6, 6.07) is 3.84. The van der Waals surface area contributed by atoms with Gasteiger partial charge in [-0.1, -0.05) is 17.7 Å². The van der Waals surface area contributed by atoms with Gasteiger partial charge in [0.25, 0.3) is 0 Å². The maximum atomic E-state index is 13.4. The standard InChI is InChI=1S/C9H8ClFN2O/c10-5-1-2-6(7(11)3-5)8-4-12-9(14)13-8/h1-3,8H,4H2,(H2,12,13,14)/t8-/m0/s1. The lowest BCUT2D eigenvalue weighted by Gasteiger charge is -2.09. The van der Waals surface area contributed by atoms with E-state index in [2.05, 4.69) is 10.6 Å². The molecule has 0 unspecified atom stereocenters. The molecule has 1 aromatic rings. The Morgan fingerprint density at radius 2 is 2.29 bits per heavy atom. The van der Waals surface area contributed by atoms with Crippen LogP contribution in [0, 0.1) is 5.82 Å². The van der Waals surface area contributed by atoms with Gasteiger partial charge in [-0.05, 0) is 12.1 Å². The molecule has 5 heteroatoms. The summed E-state index contributed by atoms with van der Waals surface area (Å²) in [5.74, 6) is -0.397. The quantitative estimate of drug-likeness (QED) is 0.736. The van der Waals surface area contributed by atoms with Crippen LogP contribution in [0.25, 0.3) is 0 Å². The Balaban J connectivity index is 2.28. The van der Waals surface area contributed by atoms with Crippen LogP contribution >= 0.6 is 11.6 Å². The van der Waals surface area contributed by atoms with Crippen molar-refractivity contribution < 1.29 is 9.18 Å². The van der Waals surface area contributed by atoms with Crippen molar-refractivity contribution in [1.29, 1.82) is 0 Å². The van der Waals surface area contributed by atoms with E-state index >= 15 is 0 Å². The summed E-state index contributed by atoms with van der Waals surface area (Å²) in [5.41, 5.74) is 0.452. The summed E-state index contributed by atoms with van der Waals surface area (Å²) < 4.78 is 13.4. The molecule has 0 bridgehead atoms. The molecule has 3 nitrogen and oxygen atoms in total. The average Bonchev–Trinajstić information content (AvgIpc) is 2.51.